The van der Waals surface area contributed by atoms with Crippen LogP contribution in [0.5, 0.6) is 0 Å². The molecule has 0 bridgehead atoms. The minimum Gasteiger partial charge on any atom is -0.373 e. The van der Waals surface area contributed by atoms with Crippen LogP contribution in [0.2, 0.25) is 10.3 Å². The molecule has 0 aliphatic heterocycles. The fourth-order valence-electron chi connectivity index (χ4n) is 2.95. The molecule has 1 saturated carbocycles. The van der Waals surface area contributed by atoms with Gasteiger partial charge in [0.25, 0.3) is 0 Å². The molecule has 112 valence electrons. The minimum absolute atomic E-state index is 0.115. The van der Waals surface area contributed by atoms with Crippen molar-refractivity contribution in [2.75, 3.05) is 7.11 Å². The number of nitrogens with zero attached hydrogens (tertiary/aromatic N) is 2. The summed E-state index contributed by atoms with van der Waals surface area (Å²) in [4.78, 5) is 8.92. The first-order valence-electron chi connectivity index (χ1n) is 7.10. The molecule has 1 aliphatic carbocycles. The van der Waals surface area contributed by atoms with Gasteiger partial charge in [-0.3, -0.25) is 0 Å². The second-order valence-corrected chi connectivity index (χ2v) is 7.26. The van der Waals surface area contributed by atoms with Gasteiger partial charge in [0.1, 0.15) is 16.4 Å². The molecule has 2 rings (SSSR count). The molecule has 1 fully saturated rings. The maximum atomic E-state index is 6.37. The third-order valence-electron chi connectivity index (χ3n) is 3.89. The monoisotopic (exact) mass is 316 g/mol. The van der Waals surface area contributed by atoms with Gasteiger partial charge >= 0.3 is 0 Å². The van der Waals surface area contributed by atoms with E-state index in [4.69, 9.17) is 27.9 Å². The molecule has 0 spiro atoms. The summed E-state index contributed by atoms with van der Waals surface area (Å²) in [6, 6.07) is 0. The van der Waals surface area contributed by atoms with Crippen LogP contribution < -0.4 is 0 Å². The fourth-order valence-corrected chi connectivity index (χ4v) is 3.66. The Labute approximate surface area is 131 Å². The van der Waals surface area contributed by atoms with E-state index >= 15 is 0 Å². The van der Waals surface area contributed by atoms with Crippen molar-refractivity contribution >= 4 is 23.2 Å². The van der Waals surface area contributed by atoms with Crippen LogP contribution in [0, 0.1) is 5.41 Å². The van der Waals surface area contributed by atoms with Gasteiger partial charge < -0.3 is 4.74 Å². The molecule has 1 unspecified atom stereocenters. The molecule has 1 aromatic rings. The predicted octanol–water partition coefficient (Wildman–Crippen LogP) is 5.17. The maximum absolute atomic E-state index is 6.37. The van der Waals surface area contributed by atoms with Crippen molar-refractivity contribution < 1.29 is 4.74 Å². The van der Waals surface area contributed by atoms with Crippen molar-refractivity contribution in [3.63, 3.8) is 0 Å². The van der Waals surface area contributed by atoms with Crippen LogP contribution in [0.15, 0.2) is 0 Å². The largest absolute Gasteiger partial charge is 0.373 e. The quantitative estimate of drug-likeness (QED) is 0.721. The van der Waals surface area contributed by atoms with Gasteiger partial charge in [0.05, 0.1) is 0 Å². The molecule has 0 saturated heterocycles. The van der Waals surface area contributed by atoms with E-state index in [1.165, 1.54) is 12.8 Å². The van der Waals surface area contributed by atoms with Gasteiger partial charge in [-0.1, -0.05) is 56.8 Å². The molecule has 5 heteroatoms. The van der Waals surface area contributed by atoms with Gasteiger partial charge in [-0.15, -0.1) is 0 Å². The molecule has 1 aliphatic rings. The molecule has 3 nitrogen and oxygen atoms in total. The number of ether oxygens (including phenoxy) is 1. The number of aromatic nitrogens is 2. The third-order valence-corrected chi connectivity index (χ3v) is 4.47. The smallest absolute Gasteiger partial charge is 0.161 e. The number of hydrogen-bond donors (Lipinski definition) is 0. The summed E-state index contributed by atoms with van der Waals surface area (Å²) in [5.74, 6) is 0.969. The lowest BCUT2D eigenvalue weighted by Gasteiger charge is -2.28. The first kappa shape index (κ1) is 16.0. The van der Waals surface area contributed by atoms with E-state index in [0.29, 0.717) is 22.0 Å². The van der Waals surface area contributed by atoms with E-state index < -0.39 is 0 Å². The normalized spacial score (nSPS) is 18.5. The Morgan fingerprint density at radius 2 is 1.60 bits per heavy atom. The van der Waals surface area contributed by atoms with E-state index in [0.717, 1.165) is 18.4 Å². The van der Waals surface area contributed by atoms with Crippen molar-refractivity contribution in [3.05, 3.63) is 21.7 Å². The summed E-state index contributed by atoms with van der Waals surface area (Å²) in [6.45, 7) is 6.24. The zero-order chi connectivity index (χ0) is 14.9. The zero-order valence-corrected chi connectivity index (χ0v) is 14.1. The molecule has 1 atom stereocenters. The summed E-state index contributed by atoms with van der Waals surface area (Å²) in [6.07, 6.45) is 4.46. The fraction of sp³-hybridized carbons (Fsp3) is 0.733. The Bertz CT molecular complexity index is 456. The standard InChI is InChI=1S/C15H22Cl2N2O/c1-15(2,3)11(20-4)14-18-12(16)10(13(17)19-14)9-7-5-6-8-9/h9,11H,5-8H2,1-4H3. The lowest BCUT2D eigenvalue weighted by Crippen LogP contribution is -2.23. The van der Waals surface area contributed by atoms with E-state index in [1.54, 1.807) is 7.11 Å². The Morgan fingerprint density at radius 1 is 1.10 bits per heavy atom. The SMILES string of the molecule is COC(c1nc(Cl)c(C2CCCC2)c(Cl)n1)C(C)(C)C. The molecule has 0 N–H and O–H groups in total. The number of hydrogen-bond acceptors (Lipinski definition) is 3. The lowest BCUT2D eigenvalue weighted by molar-refractivity contribution is 0.00863. The Balaban J connectivity index is 2.39. The van der Waals surface area contributed by atoms with Crippen LogP contribution in [0.1, 0.15) is 69.9 Å². The Hall–Kier alpha value is -0.380. The second-order valence-electron chi connectivity index (χ2n) is 6.54. The highest BCUT2D eigenvalue weighted by atomic mass is 35.5. The van der Waals surface area contributed by atoms with E-state index in [2.05, 4.69) is 30.7 Å². The molecule has 0 radical (unpaired) electrons. The maximum Gasteiger partial charge on any atom is 0.161 e. The van der Waals surface area contributed by atoms with Gasteiger partial charge in [0.15, 0.2) is 5.82 Å². The number of rotatable bonds is 3. The molecular weight excluding hydrogens is 295 g/mol. The van der Waals surface area contributed by atoms with Crippen molar-refractivity contribution in [1.29, 1.82) is 0 Å². The predicted molar refractivity (Wildman–Crippen MR) is 82.5 cm³/mol. The topological polar surface area (TPSA) is 35.0 Å². The van der Waals surface area contributed by atoms with Crippen molar-refractivity contribution in [2.24, 2.45) is 5.41 Å². The molecule has 1 heterocycles. The minimum atomic E-state index is -0.227. The van der Waals surface area contributed by atoms with E-state index in [9.17, 15) is 0 Å². The highest BCUT2D eigenvalue weighted by Crippen LogP contribution is 2.41. The Kier molecular flexibility index (Phi) is 4.93. The van der Waals surface area contributed by atoms with Crippen LogP contribution in [-0.2, 0) is 4.74 Å². The highest BCUT2D eigenvalue weighted by Gasteiger charge is 2.31. The summed E-state index contributed by atoms with van der Waals surface area (Å²) < 4.78 is 5.53. The van der Waals surface area contributed by atoms with Crippen LogP contribution in [0.3, 0.4) is 0 Å². The summed E-state index contributed by atoms with van der Waals surface area (Å²) in [5, 5.41) is 0.969. The molecule has 0 amide bonds. The van der Waals surface area contributed by atoms with Crippen molar-refractivity contribution in [1.82, 2.24) is 9.97 Å². The average Bonchev–Trinajstić information content (AvgIpc) is 2.80. The first-order valence-corrected chi connectivity index (χ1v) is 7.85. The van der Waals surface area contributed by atoms with Crippen LogP contribution in [-0.4, -0.2) is 17.1 Å². The third kappa shape index (κ3) is 3.26. The molecule has 0 aromatic carbocycles. The summed E-state index contributed by atoms with van der Waals surface area (Å²) >= 11 is 12.7. The highest BCUT2D eigenvalue weighted by molar-refractivity contribution is 6.34. The van der Waals surface area contributed by atoms with E-state index in [1.807, 2.05) is 0 Å². The van der Waals surface area contributed by atoms with Gasteiger partial charge in [0.2, 0.25) is 0 Å². The summed E-state index contributed by atoms with van der Waals surface area (Å²) in [7, 11) is 1.66. The number of halogens is 2. The van der Waals surface area contributed by atoms with Crippen LogP contribution in [0.4, 0.5) is 0 Å². The second kappa shape index (κ2) is 6.17. The lowest BCUT2D eigenvalue weighted by atomic mass is 9.88. The molecule has 1 aromatic heterocycles. The summed E-state index contributed by atoms with van der Waals surface area (Å²) in [5.41, 5.74) is 0.800. The number of methoxy groups -OCH3 is 1. The van der Waals surface area contributed by atoms with Gasteiger partial charge in [-0.25, -0.2) is 9.97 Å². The zero-order valence-electron chi connectivity index (χ0n) is 12.5. The van der Waals surface area contributed by atoms with Crippen LogP contribution >= 0.6 is 23.2 Å². The Morgan fingerprint density at radius 3 is 2.00 bits per heavy atom. The van der Waals surface area contributed by atoms with Gasteiger partial charge in [-0.2, -0.15) is 0 Å². The molecule has 20 heavy (non-hydrogen) atoms. The van der Waals surface area contributed by atoms with Crippen LogP contribution in [0.25, 0.3) is 0 Å². The van der Waals surface area contributed by atoms with Crippen molar-refractivity contribution in [2.45, 2.75) is 58.5 Å². The van der Waals surface area contributed by atoms with Crippen molar-refractivity contribution in [3.8, 4) is 0 Å². The van der Waals surface area contributed by atoms with E-state index in [-0.39, 0.29) is 11.5 Å². The van der Waals surface area contributed by atoms with Gasteiger partial charge in [-0.05, 0) is 24.2 Å². The first-order chi connectivity index (χ1) is 9.34. The average molecular weight is 317 g/mol. The van der Waals surface area contributed by atoms with Gasteiger partial charge in [0, 0.05) is 12.7 Å². The molecular formula is C15H22Cl2N2O.